The number of aromatic amines is 1. The van der Waals surface area contributed by atoms with Gasteiger partial charge in [0.05, 0.1) is 29.9 Å². The maximum absolute atomic E-state index is 5.46. The summed E-state index contributed by atoms with van der Waals surface area (Å²) in [6.45, 7) is 3.41. The fourth-order valence-electron chi connectivity index (χ4n) is 3.41. The Morgan fingerprint density at radius 1 is 0.960 bits per heavy atom. The van der Waals surface area contributed by atoms with Crippen LogP contribution in [0, 0.1) is 0 Å². The molecule has 0 aliphatic carbocycles. The van der Waals surface area contributed by atoms with E-state index in [1.807, 2.05) is 24.3 Å². The number of nitrogens with one attached hydrogen (secondary N) is 1. The molecule has 1 aliphatic heterocycles. The van der Waals surface area contributed by atoms with E-state index in [1.165, 1.54) is 5.69 Å². The number of rotatable bonds is 2. The van der Waals surface area contributed by atoms with Crippen LogP contribution in [0.2, 0.25) is 0 Å². The second-order valence-corrected chi connectivity index (χ2v) is 6.29. The van der Waals surface area contributed by atoms with Crippen molar-refractivity contribution in [3.05, 3.63) is 54.6 Å². The van der Waals surface area contributed by atoms with Crippen LogP contribution in [-0.2, 0) is 4.74 Å². The molecule has 4 aromatic rings. The van der Waals surface area contributed by atoms with E-state index in [0.29, 0.717) is 0 Å². The Kier molecular flexibility index (Phi) is 3.38. The van der Waals surface area contributed by atoms with Crippen molar-refractivity contribution in [1.82, 2.24) is 15.2 Å². The summed E-state index contributed by atoms with van der Waals surface area (Å²) >= 11 is 0. The first-order valence-corrected chi connectivity index (χ1v) is 8.55. The molecule has 0 amide bonds. The van der Waals surface area contributed by atoms with Gasteiger partial charge < -0.3 is 9.64 Å². The first kappa shape index (κ1) is 14.4. The second kappa shape index (κ2) is 5.86. The molecular formula is C20H18N4O. The molecule has 1 fully saturated rings. The molecule has 0 atom stereocenters. The molecule has 25 heavy (non-hydrogen) atoms. The Morgan fingerprint density at radius 2 is 1.84 bits per heavy atom. The molecule has 5 heteroatoms. The maximum Gasteiger partial charge on any atom is 0.118 e. The van der Waals surface area contributed by atoms with Gasteiger partial charge in [0.15, 0.2) is 0 Å². The van der Waals surface area contributed by atoms with Gasteiger partial charge in [0.25, 0.3) is 0 Å². The zero-order valence-electron chi connectivity index (χ0n) is 13.8. The molecule has 0 radical (unpaired) electrons. The number of anilines is 1. The van der Waals surface area contributed by atoms with Gasteiger partial charge in [0, 0.05) is 29.5 Å². The van der Waals surface area contributed by atoms with Crippen LogP contribution < -0.4 is 4.90 Å². The Labute approximate surface area is 145 Å². The molecule has 2 aromatic carbocycles. The number of ether oxygens (including phenoxy) is 1. The molecule has 1 N–H and O–H groups in total. The van der Waals surface area contributed by atoms with Crippen molar-refractivity contribution in [1.29, 1.82) is 0 Å². The summed E-state index contributed by atoms with van der Waals surface area (Å²) in [5.74, 6) is 0. The highest BCUT2D eigenvalue weighted by Crippen LogP contribution is 2.30. The smallest absolute Gasteiger partial charge is 0.118 e. The van der Waals surface area contributed by atoms with Crippen LogP contribution in [0.15, 0.2) is 54.6 Å². The van der Waals surface area contributed by atoms with Crippen molar-refractivity contribution < 1.29 is 4.74 Å². The van der Waals surface area contributed by atoms with Crippen molar-refractivity contribution in [2.75, 3.05) is 31.2 Å². The van der Waals surface area contributed by atoms with E-state index in [0.717, 1.165) is 59.5 Å². The van der Waals surface area contributed by atoms with Gasteiger partial charge in [-0.3, -0.25) is 5.10 Å². The zero-order valence-corrected chi connectivity index (χ0v) is 13.8. The lowest BCUT2D eigenvalue weighted by Crippen LogP contribution is -2.36. The minimum Gasteiger partial charge on any atom is -0.378 e. The number of aromatic nitrogens is 3. The Bertz CT molecular complexity index is 1050. The van der Waals surface area contributed by atoms with E-state index in [1.54, 1.807) is 0 Å². The topological polar surface area (TPSA) is 54.0 Å². The van der Waals surface area contributed by atoms with Crippen molar-refractivity contribution in [2.24, 2.45) is 0 Å². The lowest BCUT2D eigenvalue weighted by atomic mass is 10.1. The van der Waals surface area contributed by atoms with Crippen LogP contribution in [0.5, 0.6) is 0 Å². The van der Waals surface area contributed by atoms with E-state index in [9.17, 15) is 0 Å². The highest BCUT2D eigenvalue weighted by Gasteiger charge is 2.15. The third-order valence-corrected chi connectivity index (χ3v) is 4.76. The van der Waals surface area contributed by atoms with Crippen LogP contribution in [0.4, 0.5) is 5.69 Å². The summed E-state index contributed by atoms with van der Waals surface area (Å²) in [6.07, 6.45) is 0. The van der Waals surface area contributed by atoms with Gasteiger partial charge in [-0.15, -0.1) is 0 Å². The highest BCUT2D eigenvalue weighted by atomic mass is 16.5. The van der Waals surface area contributed by atoms with Gasteiger partial charge in [0.2, 0.25) is 0 Å². The summed E-state index contributed by atoms with van der Waals surface area (Å²) in [5, 5.41) is 9.90. The number of nitrogens with zero attached hydrogens (tertiary/aromatic N) is 3. The predicted octanol–water partition coefficient (Wildman–Crippen LogP) is 3.61. The van der Waals surface area contributed by atoms with Crippen LogP contribution in [0.3, 0.4) is 0 Å². The Morgan fingerprint density at radius 3 is 2.76 bits per heavy atom. The predicted molar refractivity (Wildman–Crippen MR) is 99.9 cm³/mol. The normalized spacial score (nSPS) is 15.1. The van der Waals surface area contributed by atoms with Crippen LogP contribution >= 0.6 is 0 Å². The number of pyridine rings is 1. The first-order valence-electron chi connectivity index (χ1n) is 8.55. The lowest BCUT2D eigenvalue weighted by Gasteiger charge is -2.28. The largest absolute Gasteiger partial charge is 0.378 e. The number of hydrogen-bond acceptors (Lipinski definition) is 4. The van der Waals surface area contributed by atoms with E-state index in [2.05, 4.69) is 45.4 Å². The van der Waals surface area contributed by atoms with E-state index < -0.39 is 0 Å². The summed E-state index contributed by atoms with van der Waals surface area (Å²) in [6, 6.07) is 18.7. The monoisotopic (exact) mass is 330 g/mol. The molecule has 124 valence electrons. The molecule has 1 saturated heterocycles. The van der Waals surface area contributed by atoms with Crippen LogP contribution in [0.1, 0.15) is 0 Å². The average molecular weight is 330 g/mol. The van der Waals surface area contributed by atoms with E-state index in [-0.39, 0.29) is 0 Å². The van der Waals surface area contributed by atoms with Crippen LogP contribution in [0.25, 0.3) is 33.2 Å². The molecule has 1 aliphatic rings. The molecule has 3 heterocycles. The minimum absolute atomic E-state index is 0.780. The molecule has 0 bridgehead atoms. The number of fused-ring (bicyclic) bond motifs is 2. The molecule has 0 unspecified atom stereocenters. The average Bonchev–Trinajstić information content (AvgIpc) is 3.11. The van der Waals surface area contributed by atoms with Gasteiger partial charge in [-0.05, 0) is 30.3 Å². The summed E-state index contributed by atoms with van der Waals surface area (Å²) < 4.78 is 5.46. The van der Waals surface area contributed by atoms with Gasteiger partial charge in [-0.1, -0.05) is 24.3 Å². The maximum atomic E-state index is 5.46. The highest BCUT2D eigenvalue weighted by molar-refractivity contribution is 5.95. The first-order chi connectivity index (χ1) is 12.4. The Hall–Kier alpha value is -2.92. The van der Waals surface area contributed by atoms with Crippen molar-refractivity contribution in [2.45, 2.75) is 0 Å². The third-order valence-electron chi connectivity index (χ3n) is 4.76. The van der Waals surface area contributed by atoms with E-state index >= 15 is 0 Å². The molecular weight excluding hydrogens is 312 g/mol. The SMILES string of the molecule is c1ccc2nc(-c3n[nH]c4ccc(N5CCOCC5)cc34)ccc2c1. The number of para-hydroxylation sites is 1. The molecule has 5 nitrogen and oxygen atoms in total. The summed E-state index contributed by atoms with van der Waals surface area (Å²) in [4.78, 5) is 7.15. The number of benzene rings is 2. The number of H-pyrrole nitrogens is 1. The van der Waals surface area contributed by atoms with Gasteiger partial charge in [-0.2, -0.15) is 5.10 Å². The lowest BCUT2D eigenvalue weighted by molar-refractivity contribution is 0.122. The molecule has 0 saturated carbocycles. The Balaban J connectivity index is 1.62. The van der Waals surface area contributed by atoms with E-state index in [4.69, 9.17) is 9.72 Å². The molecule has 0 spiro atoms. The number of morpholine rings is 1. The standard InChI is InChI=1S/C20H18N4O/c1-2-4-17-14(3-1)5-7-19(21-17)20-16-13-15(6-8-18(16)22-23-20)24-9-11-25-12-10-24/h1-8,13H,9-12H2,(H,22,23). The van der Waals surface area contributed by atoms with Crippen molar-refractivity contribution >= 4 is 27.5 Å². The molecule has 5 rings (SSSR count). The summed E-state index contributed by atoms with van der Waals surface area (Å²) in [7, 11) is 0. The number of hydrogen-bond donors (Lipinski definition) is 1. The van der Waals surface area contributed by atoms with Gasteiger partial charge in [0.1, 0.15) is 5.69 Å². The zero-order chi connectivity index (χ0) is 16.6. The summed E-state index contributed by atoms with van der Waals surface area (Å²) in [5.41, 5.74) is 5.02. The van der Waals surface area contributed by atoms with Crippen molar-refractivity contribution in [3.8, 4) is 11.4 Å². The van der Waals surface area contributed by atoms with Gasteiger partial charge in [-0.25, -0.2) is 4.98 Å². The van der Waals surface area contributed by atoms with Gasteiger partial charge >= 0.3 is 0 Å². The minimum atomic E-state index is 0.780. The molecule has 2 aromatic heterocycles. The quantitative estimate of drug-likeness (QED) is 0.610. The fourth-order valence-corrected chi connectivity index (χ4v) is 3.41. The fraction of sp³-hybridized carbons (Fsp3) is 0.200. The van der Waals surface area contributed by atoms with Crippen LogP contribution in [-0.4, -0.2) is 41.5 Å². The van der Waals surface area contributed by atoms with Crippen molar-refractivity contribution in [3.63, 3.8) is 0 Å². The second-order valence-electron chi connectivity index (χ2n) is 6.29. The third kappa shape index (κ3) is 2.53.